The molecule has 2 heterocycles. The summed E-state index contributed by atoms with van der Waals surface area (Å²) in [5.41, 5.74) is 0. The Hall–Kier alpha value is -4.13. The fourth-order valence-corrected chi connectivity index (χ4v) is 9.75. The summed E-state index contributed by atoms with van der Waals surface area (Å²) in [5.74, 6) is -0.280. The van der Waals surface area contributed by atoms with Crippen LogP contribution < -0.4 is 5.32 Å². The Morgan fingerprint density at radius 2 is 0.814 bits per heavy atom. The summed E-state index contributed by atoms with van der Waals surface area (Å²) in [6.07, 6.45) is 66.0. The van der Waals surface area contributed by atoms with Crippen LogP contribution >= 0.6 is 0 Å². The van der Waals surface area contributed by atoms with Crippen molar-refractivity contribution in [2.45, 2.75) is 280 Å². The number of hydrogen-bond donors (Lipinski definition) is 9. The Morgan fingerprint density at radius 3 is 1.28 bits per heavy atom. The van der Waals surface area contributed by atoms with Gasteiger partial charge in [-0.15, -0.1) is 0 Å². The average Bonchev–Trinajstić information content (AvgIpc) is 2.46. The molecule has 0 aliphatic carbocycles. The zero-order valence-electron chi connectivity index (χ0n) is 52.7. The fraction of sp³-hybridized carbons (Fsp3) is 0.653. The maximum Gasteiger partial charge on any atom is 0.220 e. The number of unbranched alkanes of at least 4 members (excludes halogenated alkanes) is 16. The van der Waals surface area contributed by atoms with Gasteiger partial charge in [0.1, 0.15) is 48.8 Å². The molecular formula is C72H117NO13. The lowest BCUT2D eigenvalue weighted by atomic mass is 9.97. The minimum atomic E-state index is -1.80. The quantitative estimate of drug-likeness (QED) is 0.0204. The minimum absolute atomic E-state index is 0.234. The Labute approximate surface area is 519 Å². The van der Waals surface area contributed by atoms with E-state index < -0.39 is 86.8 Å². The van der Waals surface area contributed by atoms with Gasteiger partial charge >= 0.3 is 0 Å². The third kappa shape index (κ3) is 39.0. The van der Waals surface area contributed by atoms with Crippen LogP contribution in [0.15, 0.2) is 146 Å². The highest BCUT2D eigenvalue weighted by atomic mass is 16.7. The molecule has 14 heteroatoms. The third-order valence-electron chi connectivity index (χ3n) is 15.0. The number of nitrogens with one attached hydrogen (secondary N) is 1. The molecule has 12 unspecified atom stereocenters. The van der Waals surface area contributed by atoms with Crippen LogP contribution in [0.3, 0.4) is 0 Å². The van der Waals surface area contributed by atoms with Crippen LogP contribution in [-0.4, -0.2) is 140 Å². The molecule has 0 aromatic carbocycles. The number of allylic oxidation sites excluding steroid dienone is 23. The van der Waals surface area contributed by atoms with Crippen LogP contribution in [0.25, 0.3) is 0 Å². The molecule has 2 fully saturated rings. The van der Waals surface area contributed by atoms with E-state index in [0.29, 0.717) is 12.8 Å². The van der Waals surface area contributed by atoms with E-state index in [1.54, 1.807) is 6.08 Å². The molecule has 2 saturated heterocycles. The van der Waals surface area contributed by atoms with Gasteiger partial charge in [-0.05, 0) is 109 Å². The molecule has 2 aliphatic heterocycles. The van der Waals surface area contributed by atoms with Crippen LogP contribution in [-0.2, 0) is 23.7 Å². The lowest BCUT2D eigenvalue weighted by Gasteiger charge is -2.46. The Morgan fingerprint density at radius 1 is 0.430 bits per heavy atom. The van der Waals surface area contributed by atoms with Gasteiger partial charge in [0.2, 0.25) is 5.91 Å². The van der Waals surface area contributed by atoms with Crippen molar-refractivity contribution in [2.75, 3.05) is 19.8 Å². The van der Waals surface area contributed by atoms with Crippen molar-refractivity contribution in [1.29, 1.82) is 0 Å². The summed E-state index contributed by atoms with van der Waals surface area (Å²) in [5, 5.41) is 87.2. The molecule has 0 bridgehead atoms. The van der Waals surface area contributed by atoms with Gasteiger partial charge in [-0.25, -0.2) is 0 Å². The number of aliphatic hydroxyl groups is 8. The van der Waals surface area contributed by atoms with Crippen molar-refractivity contribution in [1.82, 2.24) is 5.32 Å². The smallest absolute Gasteiger partial charge is 0.220 e. The topological polar surface area (TPSA) is 228 Å². The van der Waals surface area contributed by atoms with Crippen molar-refractivity contribution in [3.8, 4) is 0 Å². The molecule has 488 valence electrons. The summed E-state index contributed by atoms with van der Waals surface area (Å²) in [7, 11) is 0. The molecule has 1 amide bonds. The molecule has 0 aromatic rings. The highest BCUT2D eigenvalue weighted by Crippen LogP contribution is 2.30. The second kappa shape index (κ2) is 55.0. The summed E-state index contributed by atoms with van der Waals surface area (Å²) < 4.78 is 22.8. The Balaban J connectivity index is 1.72. The van der Waals surface area contributed by atoms with Crippen molar-refractivity contribution in [3.63, 3.8) is 0 Å². The molecule has 0 saturated carbocycles. The monoisotopic (exact) mass is 1200 g/mol. The van der Waals surface area contributed by atoms with Crippen LogP contribution in [0.4, 0.5) is 0 Å². The predicted octanol–water partition coefficient (Wildman–Crippen LogP) is 12.9. The zero-order chi connectivity index (χ0) is 62.3. The number of aliphatic hydroxyl groups excluding tert-OH is 8. The summed E-state index contributed by atoms with van der Waals surface area (Å²) >= 11 is 0. The number of rotatable bonds is 51. The Bertz CT molecular complexity index is 2000. The molecular weight excluding hydrogens is 1090 g/mol. The lowest BCUT2D eigenvalue weighted by Crippen LogP contribution is -2.65. The van der Waals surface area contributed by atoms with Crippen molar-refractivity contribution >= 4 is 5.91 Å². The van der Waals surface area contributed by atoms with Crippen LogP contribution in [0.5, 0.6) is 0 Å². The van der Waals surface area contributed by atoms with E-state index in [0.717, 1.165) is 103 Å². The maximum atomic E-state index is 13.3. The molecule has 0 radical (unpaired) electrons. The molecule has 2 rings (SSSR count). The second-order valence-corrected chi connectivity index (χ2v) is 22.5. The average molecular weight is 1200 g/mol. The normalized spacial score (nSPS) is 24.4. The van der Waals surface area contributed by atoms with Gasteiger partial charge in [0.15, 0.2) is 12.6 Å². The van der Waals surface area contributed by atoms with Gasteiger partial charge in [0.05, 0.1) is 32.0 Å². The predicted molar refractivity (Wildman–Crippen MR) is 350 cm³/mol. The molecule has 14 nitrogen and oxygen atoms in total. The molecule has 86 heavy (non-hydrogen) atoms. The number of ether oxygens (including phenoxy) is 4. The number of carbonyl (C=O) groups is 1. The number of carbonyl (C=O) groups excluding carboxylic acids is 1. The lowest BCUT2D eigenvalue weighted by molar-refractivity contribution is -0.359. The second-order valence-electron chi connectivity index (χ2n) is 22.5. The molecule has 0 spiro atoms. The molecule has 12 atom stereocenters. The van der Waals surface area contributed by atoms with Gasteiger partial charge in [0, 0.05) is 6.42 Å². The van der Waals surface area contributed by atoms with E-state index >= 15 is 0 Å². The van der Waals surface area contributed by atoms with E-state index in [2.05, 4.69) is 153 Å². The van der Waals surface area contributed by atoms with Crippen LogP contribution in [0.1, 0.15) is 206 Å². The van der Waals surface area contributed by atoms with Gasteiger partial charge in [-0.1, -0.05) is 237 Å². The van der Waals surface area contributed by atoms with Gasteiger partial charge in [-0.3, -0.25) is 4.79 Å². The molecule has 0 aromatic heterocycles. The first-order valence-electron chi connectivity index (χ1n) is 33.1. The van der Waals surface area contributed by atoms with E-state index in [9.17, 15) is 45.6 Å². The van der Waals surface area contributed by atoms with Gasteiger partial charge in [0.25, 0.3) is 0 Å². The summed E-state index contributed by atoms with van der Waals surface area (Å²) in [6, 6.07) is -0.957. The molecule has 2 aliphatic rings. The van der Waals surface area contributed by atoms with E-state index in [-0.39, 0.29) is 18.9 Å². The zero-order valence-corrected chi connectivity index (χ0v) is 52.7. The standard InChI is InChI=1S/C72H117NO13/c1-3-5-7-9-11-13-15-17-19-21-22-23-24-25-26-27-28-29-30-31-32-33-34-35-36-37-38-40-42-44-46-48-50-52-54-56-64(77)73-60(61(76)55-53-51-49-47-45-43-41-39-20-18-16-14-12-10-8-6-4-2)59-83-71-69(82)67(80)70(63(58-75)85-71)86-72-68(81)66(79)65(78)62(57-74)84-72/h5,7,11,13,17,19,22-23,25-26,28-29,31-32,34-35,37-38,42,44-45,47,53,55,60-63,65-72,74-76,78-82H,3-4,6,8-10,12,14-16,18,20-21,24,27,30,33,36,39-41,43,46,48-52,54,56-59H2,1-2H3,(H,73,77)/b7-5-,13-11-,19-17-,23-22-,26-25-,29-28-,32-31-,35-34-,38-37-,44-42-,47-45+,55-53+. The first-order valence-corrected chi connectivity index (χ1v) is 33.1. The van der Waals surface area contributed by atoms with E-state index in [4.69, 9.17) is 18.9 Å². The Kier molecular flexibility index (Phi) is 49.8. The van der Waals surface area contributed by atoms with Crippen LogP contribution in [0, 0.1) is 0 Å². The van der Waals surface area contributed by atoms with Gasteiger partial charge in [-0.2, -0.15) is 0 Å². The SMILES string of the molecule is CC/C=C\C/C=C\C/C=C\C/C=C\C/C=C\C/C=C\C/C=C\C/C=C\C/C=C\C/C=C\CCCCCCC(=O)NC(COC1OC(CO)C(OC2OC(CO)C(O)C(O)C2O)C(O)C1O)C(O)/C=C/CC/C=C/CCCCCCCCCCCCC. The maximum absolute atomic E-state index is 13.3. The highest BCUT2D eigenvalue weighted by molar-refractivity contribution is 5.76. The highest BCUT2D eigenvalue weighted by Gasteiger charge is 2.51. The van der Waals surface area contributed by atoms with E-state index in [1.165, 1.54) is 70.6 Å². The van der Waals surface area contributed by atoms with E-state index in [1.807, 2.05) is 6.08 Å². The third-order valence-corrected chi connectivity index (χ3v) is 15.0. The van der Waals surface area contributed by atoms with Crippen molar-refractivity contribution < 1.29 is 64.6 Å². The largest absolute Gasteiger partial charge is 0.394 e. The first-order chi connectivity index (χ1) is 42.1. The summed E-state index contributed by atoms with van der Waals surface area (Å²) in [6.45, 7) is 2.63. The molecule has 9 N–H and O–H groups in total. The minimum Gasteiger partial charge on any atom is -0.394 e. The van der Waals surface area contributed by atoms with Gasteiger partial charge < -0.3 is 65.1 Å². The van der Waals surface area contributed by atoms with Crippen molar-refractivity contribution in [2.24, 2.45) is 0 Å². The summed E-state index contributed by atoms with van der Waals surface area (Å²) in [4.78, 5) is 13.3. The fourth-order valence-electron chi connectivity index (χ4n) is 9.75. The number of amides is 1. The van der Waals surface area contributed by atoms with Crippen LogP contribution in [0.2, 0.25) is 0 Å². The van der Waals surface area contributed by atoms with Crippen molar-refractivity contribution in [3.05, 3.63) is 146 Å². The first kappa shape index (κ1) is 78.0. The number of hydrogen-bond acceptors (Lipinski definition) is 13.